The molecule has 27 heavy (non-hydrogen) atoms. The van der Waals surface area contributed by atoms with Crippen LogP contribution in [0.3, 0.4) is 0 Å². The number of unbranched alkanes of at least 4 members (excludes halogenated alkanes) is 1. The van der Waals surface area contributed by atoms with Gasteiger partial charge in [0.15, 0.2) is 0 Å². The third-order valence-corrected chi connectivity index (χ3v) is 5.49. The van der Waals surface area contributed by atoms with Gasteiger partial charge in [0.05, 0.1) is 0 Å². The average molecular weight is 363 g/mol. The van der Waals surface area contributed by atoms with Crippen molar-refractivity contribution in [1.82, 2.24) is 4.57 Å². The molecule has 0 saturated heterocycles. The number of rotatable bonds is 6. The zero-order chi connectivity index (χ0) is 19.6. The minimum absolute atomic E-state index is 1.11. The number of nitrogens with zero attached hydrogens (tertiary/aromatic N) is 3. The molecule has 3 aromatic rings. The lowest BCUT2D eigenvalue weighted by molar-refractivity contribution is -0.646. The van der Waals surface area contributed by atoms with Crippen LogP contribution in [0.1, 0.15) is 42.4 Å². The first-order chi connectivity index (χ1) is 12.9. The standard InChI is InChI=1S/C24H32N3/c1-7-8-15-27-18(2)16-20(19(27)3)9-11-22-12-10-21-17-23(25(4)5)13-14-24(21)26(22)6/h9-14,16-17H,7-8,15H2,1-6H3/q+1. The van der Waals surface area contributed by atoms with Gasteiger partial charge in [0.25, 0.3) is 0 Å². The second kappa shape index (κ2) is 7.99. The van der Waals surface area contributed by atoms with Crippen molar-refractivity contribution in [2.45, 2.75) is 40.2 Å². The van der Waals surface area contributed by atoms with E-state index >= 15 is 0 Å². The van der Waals surface area contributed by atoms with Gasteiger partial charge in [-0.2, -0.15) is 4.57 Å². The molecule has 0 unspecified atom stereocenters. The van der Waals surface area contributed by atoms with Gasteiger partial charge >= 0.3 is 0 Å². The Morgan fingerprint density at radius 2 is 1.81 bits per heavy atom. The summed E-state index contributed by atoms with van der Waals surface area (Å²) in [5, 5.41) is 1.26. The van der Waals surface area contributed by atoms with Crippen LogP contribution >= 0.6 is 0 Å². The van der Waals surface area contributed by atoms with Crippen LogP contribution in [0.15, 0.2) is 36.4 Å². The van der Waals surface area contributed by atoms with Crippen LogP contribution in [0.5, 0.6) is 0 Å². The van der Waals surface area contributed by atoms with Gasteiger partial charge in [-0.1, -0.05) is 13.3 Å². The van der Waals surface area contributed by atoms with Crippen LogP contribution in [-0.2, 0) is 13.6 Å². The Morgan fingerprint density at radius 3 is 2.52 bits per heavy atom. The van der Waals surface area contributed by atoms with Gasteiger partial charge in [-0.25, -0.2) is 0 Å². The van der Waals surface area contributed by atoms with E-state index in [4.69, 9.17) is 0 Å². The molecule has 142 valence electrons. The number of aromatic nitrogens is 2. The lowest BCUT2D eigenvalue weighted by atomic mass is 10.1. The van der Waals surface area contributed by atoms with Crippen molar-refractivity contribution in [1.29, 1.82) is 0 Å². The van der Waals surface area contributed by atoms with E-state index in [1.54, 1.807) is 0 Å². The Bertz CT molecular complexity index is 977. The van der Waals surface area contributed by atoms with Crippen LogP contribution in [-0.4, -0.2) is 18.7 Å². The van der Waals surface area contributed by atoms with Crippen LogP contribution < -0.4 is 9.47 Å². The number of hydrogen-bond acceptors (Lipinski definition) is 1. The maximum atomic E-state index is 2.44. The van der Waals surface area contributed by atoms with E-state index in [2.05, 4.69) is 104 Å². The monoisotopic (exact) mass is 362 g/mol. The van der Waals surface area contributed by atoms with Crippen LogP contribution in [0, 0.1) is 13.8 Å². The smallest absolute Gasteiger partial charge is 0.212 e. The van der Waals surface area contributed by atoms with Crippen LogP contribution in [0.2, 0.25) is 0 Å². The molecule has 0 bridgehead atoms. The number of fused-ring (bicyclic) bond motifs is 1. The molecular weight excluding hydrogens is 330 g/mol. The topological polar surface area (TPSA) is 12.1 Å². The van der Waals surface area contributed by atoms with E-state index < -0.39 is 0 Å². The van der Waals surface area contributed by atoms with Crippen LogP contribution in [0.25, 0.3) is 23.1 Å². The summed E-state index contributed by atoms with van der Waals surface area (Å²) >= 11 is 0. The quantitative estimate of drug-likeness (QED) is 0.554. The summed E-state index contributed by atoms with van der Waals surface area (Å²) in [6.45, 7) is 7.79. The average Bonchev–Trinajstić information content (AvgIpc) is 2.92. The summed E-state index contributed by atoms with van der Waals surface area (Å²) in [5.41, 5.74) is 7.70. The molecular formula is C24H32N3+. The molecule has 0 spiro atoms. The largest absolute Gasteiger partial charge is 0.378 e. The highest BCUT2D eigenvalue weighted by Gasteiger charge is 2.11. The summed E-state index contributed by atoms with van der Waals surface area (Å²) in [6, 6.07) is 13.3. The summed E-state index contributed by atoms with van der Waals surface area (Å²) in [6.07, 6.45) is 6.93. The molecule has 0 fully saturated rings. The molecule has 0 aliphatic heterocycles. The van der Waals surface area contributed by atoms with Crippen molar-refractivity contribution >= 4 is 28.7 Å². The molecule has 3 heteroatoms. The fourth-order valence-corrected chi connectivity index (χ4v) is 3.68. The molecule has 3 nitrogen and oxygen atoms in total. The lowest BCUT2D eigenvalue weighted by Crippen LogP contribution is -2.32. The summed E-state index contributed by atoms with van der Waals surface area (Å²) < 4.78 is 4.70. The molecule has 2 heterocycles. The van der Waals surface area contributed by atoms with Gasteiger partial charge < -0.3 is 9.47 Å². The molecule has 0 aliphatic carbocycles. The second-order valence-corrected chi connectivity index (χ2v) is 7.62. The molecule has 0 amide bonds. The predicted molar refractivity (Wildman–Crippen MR) is 117 cm³/mol. The fourth-order valence-electron chi connectivity index (χ4n) is 3.68. The second-order valence-electron chi connectivity index (χ2n) is 7.62. The minimum Gasteiger partial charge on any atom is -0.378 e. The zero-order valence-electron chi connectivity index (χ0n) is 17.6. The third-order valence-electron chi connectivity index (χ3n) is 5.49. The maximum absolute atomic E-state index is 2.44. The Morgan fingerprint density at radius 1 is 1.04 bits per heavy atom. The van der Waals surface area contributed by atoms with Gasteiger partial charge in [-0.3, -0.25) is 0 Å². The van der Waals surface area contributed by atoms with Crippen molar-refractivity contribution < 1.29 is 4.57 Å². The summed E-state index contributed by atoms with van der Waals surface area (Å²) in [5.74, 6) is 0. The normalized spacial score (nSPS) is 11.6. The van der Waals surface area contributed by atoms with E-state index in [1.165, 1.54) is 52.1 Å². The molecule has 0 atom stereocenters. The first-order valence-corrected chi connectivity index (χ1v) is 9.87. The lowest BCUT2D eigenvalue weighted by Gasteiger charge is -2.12. The summed E-state index contributed by atoms with van der Waals surface area (Å²) in [4.78, 5) is 2.14. The number of aryl methyl sites for hydroxylation is 2. The molecule has 1 aromatic carbocycles. The van der Waals surface area contributed by atoms with Crippen molar-refractivity contribution in [3.05, 3.63) is 59.0 Å². The van der Waals surface area contributed by atoms with Crippen LogP contribution in [0.4, 0.5) is 5.69 Å². The van der Waals surface area contributed by atoms with Crippen molar-refractivity contribution in [3.63, 3.8) is 0 Å². The number of hydrogen-bond donors (Lipinski definition) is 0. The highest BCUT2D eigenvalue weighted by molar-refractivity contribution is 5.81. The highest BCUT2D eigenvalue weighted by atomic mass is 15.1. The zero-order valence-corrected chi connectivity index (χ0v) is 17.6. The van der Waals surface area contributed by atoms with Gasteiger partial charge in [-0.05, 0) is 56.2 Å². The number of anilines is 1. The Hall–Kier alpha value is -2.55. The van der Waals surface area contributed by atoms with Crippen molar-refractivity contribution in [2.75, 3.05) is 19.0 Å². The highest BCUT2D eigenvalue weighted by Crippen LogP contribution is 2.21. The first kappa shape index (κ1) is 19.2. The maximum Gasteiger partial charge on any atom is 0.212 e. The number of benzene rings is 1. The molecule has 2 aromatic heterocycles. The Kier molecular flexibility index (Phi) is 5.69. The van der Waals surface area contributed by atoms with Gasteiger partial charge in [0, 0.05) is 61.3 Å². The first-order valence-electron chi connectivity index (χ1n) is 9.87. The van der Waals surface area contributed by atoms with Gasteiger partial charge in [-0.15, -0.1) is 0 Å². The van der Waals surface area contributed by atoms with E-state index in [0.717, 1.165) is 6.54 Å². The van der Waals surface area contributed by atoms with E-state index in [0.29, 0.717) is 0 Å². The van der Waals surface area contributed by atoms with E-state index in [9.17, 15) is 0 Å². The van der Waals surface area contributed by atoms with E-state index in [-0.39, 0.29) is 0 Å². The molecule has 0 radical (unpaired) electrons. The van der Waals surface area contributed by atoms with Gasteiger partial charge in [0.1, 0.15) is 7.05 Å². The summed E-state index contributed by atoms with van der Waals surface area (Å²) in [7, 11) is 6.30. The molecule has 0 saturated carbocycles. The van der Waals surface area contributed by atoms with Crippen molar-refractivity contribution in [2.24, 2.45) is 7.05 Å². The molecule has 0 aliphatic rings. The van der Waals surface area contributed by atoms with Gasteiger partial charge in [0.2, 0.25) is 11.2 Å². The SMILES string of the molecule is CCCCn1c(C)cc(/C=C/c2ccc3cc(N(C)C)ccc3[n+]2C)c1C. The predicted octanol–water partition coefficient (Wildman–Crippen LogP) is 5.12. The molecule has 0 N–H and O–H groups in total. The minimum atomic E-state index is 1.11. The van der Waals surface area contributed by atoms with Crippen molar-refractivity contribution in [3.8, 4) is 0 Å². The fraction of sp³-hybridized carbons (Fsp3) is 0.375. The number of pyridine rings is 1. The third kappa shape index (κ3) is 3.92. The Balaban J connectivity index is 1.92. The molecule has 3 rings (SSSR count). The Labute approximate surface area is 163 Å². The van der Waals surface area contributed by atoms with E-state index in [1.807, 2.05) is 0 Å².